The van der Waals surface area contributed by atoms with E-state index >= 15 is 0 Å². The molecule has 1 N–H and O–H groups in total. The van der Waals surface area contributed by atoms with Gasteiger partial charge in [-0.25, -0.2) is 0 Å². The van der Waals surface area contributed by atoms with Crippen LogP contribution in [0.3, 0.4) is 0 Å². The van der Waals surface area contributed by atoms with Crippen LogP contribution in [0.2, 0.25) is 5.02 Å². The second kappa shape index (κ2) is 10.8. The molecule has 1 aliphatic heterocycles. The third-order valence-electron chi connectivity index (χ3n) is 5.85. The second-order valence-corrected chi connectivity index (χ2v) is 8.91. The molecule has 0 aliphatic carbocycles. The number of nitrogens with one attached hydrogen (secondary N) is 1. The van der Waals surface area contributed by atoms with Crippen molar-refractivity contribution in [3.05, 3.63) is 52.5 Å². The number of ether oxygens (including phenoxy) is 3. The Kier molecular flexibility index (Phi) is 8.08. The molecule has 0 radical (unpaired) electrons. The highest BCUT2D eigenvalue weighted by Gasteiger charge is 2.41. The van der Waals surface area contributed by atoms with Crippen LogP contribution in [-0.2, 0) is 4.79 Å². The van der Waals surface area contributed by atoms with Gasteiger partial charge in [0, 0.05) is 25.6 Å². The lowest BCUT2D eigenvalue weighted by molar-refractivity contribution is -0.125. The van der Waals surface area contributed by atoms with Gasteiger partial charge in [0.15, 0.2) is 11.5 Å². The minimum absolute atomic E-state index is 0.0862. The molecule has 0 bridgehead atoms. The fraction of sp³-hybridized carbons (Fsp3) is 0.440. The van der Waals surface area contributed by atoms with Crippen molar-refractivity contribution in [1.82, 2.24) is 10.2 Å². The van der Waals surface area contributed by atoms with Gasteiger partial charge < -0.3 is 24.4 Å². The van der Waals surface area contributed by atoms with E-state index in [1.165, 1.54) is 0 Å². The molecule has 1 fully saturated rings. The summed E-state index contributed by atoms with van der Waals surface area (Å²) in [6.45, 7) is 5.30. The van der Waals surface area contributed by atoms with Crippen molar-refractivity contribution < 1.29 is 23.8 Å². The minimum Gasteiger partial charge on any atom is -0.493 e. The van der Waals surface area contributed by atoms with E-state index in [-0.39, 0.29) is 24.3 Å². The fourth-order valence-electron chi connectivity index (χ4n) is 4.13. The largest absolute Gasteiger partial charge is 0.493 e. The van der Waals surface area contributed by atoms with Crippen molar-refractivity contribution in [2.24, 2.45) is 11.8 Å². The van der Waals surface area contributed by atoms with E-state index < -0.39 is 5.92 Å². The predicted molar refractivity (Wildman–Crippen MR) is 128 cm³/mol. The summed E-state index contributed by atoms with van der Waals surface area (Å²) in [4.78, 5) is 28.1. The Morgan fingerprint density at radius 1 is 1.06 bits per heavy atom. The quantitative estimate of drug-likeness (QED) is 0.626. The molecule has 2 amide bonds. The van der Waals surface area contributed by atoms with Crippen LogP contribution in [0.15, 0.2) is 36.4 Å². The molecule has 33 heavy (non-hydrogen) atoms. The number of halogens is 1. The van der Waals surface area contributed by atoms with E-state index in [0.717, 1.165) is 5.56 Å². The molecule has 2 aromatic rings. The summed E-state index contributed by atoms with van der Waals surface area (Å²) < 4.78 is 16.5. The summed E-state index contributed by atoms with van der Waals surface area (Å²) in [5.41, 5.74) is 1.26. The number of carbonyl (C=O) groups excluding carboxylic acids is 2. The smallest absolute Gasteiger partial charge is 0.255 e. The average molecular weight is 475 g/mol. The topological polar surface area (TPSA) is 77.1 Å². The van der Waals surface area contributed by atoms with Crippen molar-refractivity contribution in [3.63, 3.8) is 0 Å². The Bertz CT molecular complexity index is 985. The van der Waals surface area contributed by atoms with Crippen LogP contribution >= 0.6 is 11.6 Å². The van der Waals surface area contributed by atoms with Gasteiger partial charge in [-0.3, -0.25) is 9.59 Å². The van der Waals surface area contributed by atoms with Crippen LogP contribution in [0.4, 0.5) is 0 Å². The zero-order chi connectivity index (χ0) is 24.1. The zero-order valence-electron chi connectivity index (χ0n) is 19.7. The maximum Gasteiger partial charge on any atom is 0.255 e. The third-order valence-corrected chi connectivity index (χ3v) is 6.18. The number of hydrogen-bond donors (Lipinski definition) is 1. The highest BCUT2D eigenvalue weighted by molar-refractivity contribution is 6.33. The molecular weight excluding hydrogens is 444 g/mol. The monoisotopic (exact) mass is 474 g/mol. The first-order valence-electron chi connectivity index (χ1n) is 10.9. The van der Waals surface area contributed by atoms with Gasteiger partial charge in [0.05, 0.1) is 37.8 Å². The summed E-state index contributed by atoms with van der Waals surface area (Å²) in [5.74, 6) is 0.833. The van der Waals surface area contributed by atoms with E-state index in [0.29, 0.717) is 46.8 Å². The highest BCUT2D eigenvalue weighted by atomic mass is 35.5. The average Bonchev–Trinajstić information content (AvgIpc) is 3.27. The molecule has 8 heteroatoms. The summed E-state index contributed by atoms with van der Waals surface area (Å²) in [6.07, 6.45) is 0. The minimum atomic E-state index is -0.432. The number of hydrogen-bond acceptors (Lipinski definition) is 5. The van der Waals surface area contributed by atoms with Gasteiger partial charge >= 0.3 is 0 Å². The lowest BCUT2D eigenvalue weighted by Gasteiger charge is -2.21. The van der Waals surface area contributed by atoms with Crippen molar-refractivity contribution in [1.29, 1.82) is 0 Å². The first-order valence-corrected chi connectivity index (χ1v) is 11.3. The van der Waals surface area contributed by atoms with Gasteiger partial charge in [0.25, 0.3) is 5.91 Å². The molecule has 0 aromatic heterocycles. The number of nitrogens with zero attached hydrogens (tertiary/aromatic N) is 1. The molecule has 1 heterocycles. The summed E-state index contributed by atoms with van der Waals surface area (Å²) >= 11 is 6.27. The standard InChI is InChI=1S/C25H31ClN2O5/c1-15(2)12-27-24(29)19-14-28(25(30)17-8-6-7-9-20(17)26)13-18(19)16-10-21(31-3)23(33-5)22(11-16)32-4/h6-11,15,18-19H,12-14H2,1-5H3,(H,27,29). The summed E-state index contributed by atoms with van der Waals surface area (Å²) in [6, 6.07) is 10.6. The maximum atomic E-state index is 13.3. The van der Waals surface area contributed by atoms with Crippen molar-refractivity contribution >= 4 is 23.4 Å². The van der Waals surface area contributed by atoms with Gasteiger partial charge in [-0.15, -0.1) is 0 Å². The Morgan fingerprint density at radius 2 is 1.70 bits per heavy atom. The SMILES string of the molecule is COc1cc(C2CN(C(=O)c3ccccc3Cl)CC2C(=O)NCC(C)C)cc(OC)c1OC. The van der Waals surface area contributed by atoms with E-state index in [1.807, 2.05) is 26.0 Å². The van der Waals surface area contributed by atoms with Crippen LogP contribution < -0.4 is 19.5 Å². The molecule has 1 aliphatic rings. The number of carbonyl (C=O) groups is 2. The molecule has 2 aromatic carbocycles. The Labute approximate surface area is 200 Å². The van der Waals surface area contributed by atoms with Gasteiger partial charge in [0.2, 0.25) is 11.7 Å². The van der Waals surface area contributed by atoms with Crippen molar-refractivity contribution in [2.45, 2.75) is 19.8 Å². The first kappa shape index (κ1) is 24.7. The van der Waals surface area contributed by atoms with E-state index in [9.17, 15) is 9.59 Å². The van der Waals surface area contributed by atoms with Gasteiger partial charge in [-0.05, 0) is 35.7 Å². The lowest BCUT2D eigenvalue weighted by atomic mass is 9.87. The van der Waals surface area contributed by atoms with E-state index in [4.69, 9.17) is 25.8 Å². The second-order valence-electron chi connectivity index (χ2n) is 8.50. The number of likely N-dealkylation sites (tertiary alicyclic amines) is 1. The van der Waals surface area contributed by atoms with Crippen molar-refractivity contribution in [2.75, 3.05) is 41.0 Å². The Balaban J connectivity index is 1.98. The fourth-order valence-corrected chi connectivity index (χ4v) is 4.35. The Morgan fingerprint density at radius 3 is 2.24 bits per heavy atom. The molecule has 178 valence electrons. The zero-order valence-corrected chi connectivity index (χ0v) is 20.4. The van der Waals surface area contributed by atoms with Crippen LogP contribution in [0.25, 0.3) is 0 Å². The molecule has 2 unspecified atom stereocenters. The maximum absolute atomic E-state index is 13.3. The predicted octanol–water partition coefficient (Wildman–Crippen LogP) is 3.99. The van der Waals surface area contributed by atoms with Crippen molar-refractivity contribution in [3.8, 4) is 17.2 Å². The molecule has 7 nitrogen and oxygen atoms in total. The number of methoxy groups -OCH3 is 3. The Hall–Kier alpha value is -2.93. The van der Waals surface area contributed by atoms with Crippen LogP contribution in [-0.4, -0.2) is 57.7 Å². The van der Waals surface area contributed by atoms with Gasteiger partial charge in [-0.1, -0.05) is 37.6 Å². The summed E-state index contributed by atoms with van der Waals surface area (Å²) in [5, 5.41) is 3.41. The highest BCUT2D eigenvalue weighted by Crippen LogP contribution is 2.43. The normalized spacial score (nSPS) is 17.7. The number of benzene rings is 2. The molecule has 1 saturated heterocycles. The first-order chi connectivity index (χ1) is 15.8. The van der Waals surface area contributed by atoms with Crippen LogP contribution in [0.5, 0.6) is 17.2 Å². The lowest BCUT2D eigenvalue weighted by Crippen LogP contribution is -2.37. The summed E-state index contributed by atoms with van der Waals surface area (Å²) in [7, 11) is 4.65. The molecule has 0 spiro atoms. The van der Waals surface area contributed by atoms with E-state index in [1.54, 1.807) is 50.5 Å². The molecule has 0 saturated carbocycles. The molecular formula is C25H31ClN2O5. The third kappa shape index (κ3) is 5.36. The van der Waals surface area contributed by atoms with E-state index in [2.05, 4.69) is 5.32 Å². The number of rotatable bonds is 8. The number of amides is 2. The van der Waals surface area contributed by atoms with Crippen LogP contribution in [0, 0.1) is 11.8 Å². The van der Waals surface area contributed by atoms with Gasteiger partial charge in [0.1, 0.15) is 0 Å². The molecule has 3 rings (SSSR count). The van der Waals surface area contributed by atoms with Crippen LogP contribution in [0.1, 0.15) is 35.7 Å². The molecule has 2 atom stereocenters. The van der Waals surface area contributed by atoms with Gasteiger partial charge in [-0.2, -0.15) is 0 Å².